The molecule has 0 atom stereocenters. The lowest BCUT2D eigenvalue weighted by molar-refractivity contribution is -0.116. The minimum atomic E-state index is -0.384. The molecule has 1 heterocycles. The monoisotopic (exact) mass is 194 g/mol. The van der Waals surface area contributed by atoms with Crippen LogP contribution < -0.4 is 16.4 Å². The summed E-state index contributed by atoms with van der Waals surface area (Å²) in [5.74, 6) is 0.337. The second kappa shape index (κ2) is 3.95. The van der Waals surface area contributed by atoms with Crippen LogP contribution in [0.4, 0.5) is 11.5 Å². The zero-order valence-electron chi connectivity index (χ0n) is 8.32. The number of primary amides is 1. The zero-order valence-corrected chi connectivity index (χ0v) is 8.32. The summed E-state index contributed by atoms with van der Waals surface area (Å²) in [6, 6.07) is 1.81. The maximum absolute atomic E-state index is 10.7. The number of anilines is 2. The van der Waals surface area contributed by atoms with E-state index in [2.05, 4.69) is 4.98 Å². The topological polar surface area (TPSA) is 85.2 Å². The minimum absolute atomic E-state index is 0.151. The number of likely N-dealkylation sites (N-methyl/N-ethyl adjacent to an activating group) is 1. The normalized spacial score (nSPS) is 9.86. The van der Waals surface area contributed by atoms with E-state index in [4.69, 9.17) is 11.5 Å². The third kappa shape index (κ3) is 2.35. The summed E-state index contributed by atoms with van der Waals surface area (Å²) >= 11 is 0. The van der Waals surface area contributed by atoms with E-state index in [1.54, 1.807) is 24.2 Å². The van der Waals surface area contributed by atoms with Crippen LogP contribution in [0.25, 0.3) is 0 Å². The van der Waals surface area contributed by atoms with Crippen molar-refractivity contribution in [2.75, 3.05) is 24.2 Å². The van der Waals surface area contributed by atoms with E-state index in [9.17, 15) is 4.79 Å². The average Bonchev–Trinajstić information content (AvgIpc) is 2.01. The van der Waals surface area contributed by atoms with E-state index in [1.165, 1.54) is 0 Å². The van der Waals surface area contributed by atoms with Crippen LogP contribution in [0.1, 0.15) is 5.56 Å². The van der Waals surface area contributed by atoms with E-state index >= 15 is 0 Å². The quantitative estimate of drug-likeness (QED) is 0.703. The molecule has 5 heteroatoms. The summed E-state index contributed by atoms with van der Waals surface area (Å²) in [6.07, 6.45) is 1.56. The number of nitrogens with two attached hydrogens (primary N) is 2. The predicted octanol–water partition coefficient (Wildman–Crippen LogP) is -0.106. The molecule has 5 nitrogen and oxygen atoms in total. The number of nitrogen functional groups attached to an aromatic ring is 1. The summed E-state index contributed by atoms with van der Waals surface area (Å²) < 4.78 is 0. The van der Waals surface area contributed by atoms with Gasteiger partial charge in [0.25, 0.3) is 0 Å². The van der Waals surface area contributed by atoms with E-state index < -0.39 is 0 Å². The van der Waals surface area contributed by atoms with Gasteiger partial charge in [-0.3, -0.25) is 4.79 Å². The lowest BCUT2D eigenvalue weighted by Crippen LogP contribution is -2.31. The Bertz CT molecular complexity index is 351. The molecule has 1 amide bonds. The molecule has 1 aromatic rings. The van der Waals surface area contributed by atoms with Gasteiger partial charge in [0.15, 0.2) is 0 Å². The van der Waals surface area contributed by atoms with Gasteiger partial charge in [0.05, 0.1) is 18.4 Å². The molecule has 0 fully saturated rings. The fourth-order valence-corrected chi connectivity index (χ4v) is 1.30. The molecule has 4 N–H and O–H groups in total. The van der Waals surface area contributed by atoms with Crippen molar-refractivity contribution in [3.63, 3.8) is 0 Å². The first-order chi connectivity index (χ1) is 6.50. The number of aromatic nitrogens is 1. The maximum Gasteiger partial charge on any atom is 0.236 e. The van der Waals surface area contributed by atoms with E-state index in [1.807, 2.05) is 6.92 Å². The number of hydrogen-bond acceptors (Lipinski definition) is 4. The number of carbonyl (C=O) groups excluding carboxylic acids is 1. The third-order valence-corrected chi connectivity index (χ3v) is 1.83. The number of nitrogens with zero attached hydrogens (tertiary/aromatic N) is 2. The van der Waals surface area contributed by atoms with Crippen molar-refractivity contribution in [1.29, 1.82) is 0 Å². The maximum atomic E-state index is 10.7. The molecule has 0 aliphatic rings. The fraction of sp³-hybridized carbons (Fsp3) is 0.333. The molecule has 0 saturated heterocycles. The molecule has 1 aromatic heterocycles. The highest BCUT2D eigenvalue weighted by atomic mass is 16.1. The summed E-state index contributed by atoms with van der Waals surface area (Å²) in [6.45, 7) is 2.04. The average molecular weight is 194 g/mol. The van der Waals surface area contributed by atoms with Gasteiger partial charge in [-0.05, 0) is 18.6 Å². The van der Waals surface area contributed by atoms with Crippen molar-refractivity contribution in [1.82, 2.24) is 4.98 Å². The Morgan fingerprint density at radius 3 is 2.79 bits per heavy atom. The molecule has 0 aromatic carbocycles. The van der Waals surface area contributed by atoms with Gasteiger partial charge in [-0.25, -0.2) is 4.98 Å². The van der Waals surface area contributed by atoms with Gasteiger partial charge in [0.1, 0.15) is 5.82 Å². The van der Waals surface area contributed by atoms with Gasteiger partial charge in [-0.15, -0.1) is 0 Å². The molecule has 0 bridgehead atoms. The third-order valence-electron chi connectivity index (χ3n) is 1.83. The molecular weight excluding hydrogens is 180 g/mol. The van der Waals surface area contributed by atoms with Crippen LogP contribution in [0.15, 0.2) is 12.3 Å². The van der Waals surface area contributed by atoms with Crippen LogP contribution in [0.2, 0.25) is 0 Å². The minimum Gasteiger partial charge on any atom is -0.397 e. The van der Waals surface area contributed by atoms with Gasteiger partial charge in [-0.2, -0.15) is 0 Å². The summed E-state index contributed by atoms with van der Waals surface area (Å²) in [7, 11) is 1.76. The number of carbonyl (C=O) groups is 1. The van der Waals surface area contributed by atoms with Gasteiger partial charge in [0, 0.05) is 7.05 Å². The molecule has 0 saturated carbocycles. The lowest BCUT2D eigenvalue weighted by atomic mass is 10.2. The second-order valence-electron chi connectivity index (χ2n) is 3.23. The Labute approximate surface area is 82.7 Å². The number of amides is 1. The molecule has 1 rings (SSSR count). The van der Waals surface area contributed by atoms with Crippen molar-refractivity contribution in [2.45, 2.75) is 6.92 Å². The van der Waals surface area contributed by atoms with E-state index in [-0.39, 0.29) is 12.5 Å². The molecule has 14 heavy (non-hydrogen) atoms. The van der Waals surface area contributed by atoms with Crippen LogP contribution in [0.5, 0.6) is 0 Å². The standard InChI is InChI=1S/C9H14N4O/c1-6-3-7(10)4-12-9(6)13(2)5-8(11)14/h3-4H,5,10H2,1-2H3,(H2,11,14). The van der Waals surface area contributed by atoms with Crippen LogP contribution >= 0.6 is 0 Å². The molecule has 0 aliphatic heterocycles. The Balaban J connectivity index is 2.90. The van der Waals surface area contributed by atoms with Crippen molar-refractivity contribution in [3.8, 4) is 0 Å². The molecule has 0 radical (unpaired) electrons. The van der Waals surface area contributed by atoms with Gasteiger partial charge < -0.3 is 16.4 Å². The van der Waals surface area contributed by atoms with Crippen LogP contribution in [-0.4, -0.2) is 24.5 Å². The largest absolute Gasteiger partial charge is 0.397 e. The molecule has 0 aliphatic carbocycles. The summed E-state index contributed by atoms with van der Waals surface area (Å²) in [5, 5.41) is 0. The van der Waals surface area contributed by atoms with E-state index in [0.717, 1.165) is 11.4 Å². The molecule has 76 valence electrons. The zero-order chi connectivity index (χ0) is 10.7. The number of pyridine rings is 1. The van der Waals surface area contributed by atoms with E-state index in [0.29, 0.717) is 5.69 Å². The first-order valence-corrected chi connectivity index (χ1v) is 4.22. The van der Waals surface area contributed by atoms with Crippen molar-refractivity contribution < 1.29 is 4.79 Å². The summed E-state index contributed by atoms with van der Waals surface area (Å²) in [4.78, 5) is 16.5. The van der Waals surface area contributed by atoms with Crippen LogP contribution in [0.3, 0.4) is 0 Å². The highest BCUT2D eigenvalue weighted by molar-refractivity contribution is 5.79. The molecule has 0 spiro atoms. The van der Waals surface area contributed by atoms with Gasteiger partial charge in [-0.1, -0.05) is 0 Å². The number of rotatable bonds is 3. The Morgan fingerprint density at radius 2 is 2.29 bits per heavy atom. The Hall–Kier alpha value is -1.78. The molecule has 0 unspecified atom stereocenters. The number of hydrogen-bond donors (Lipinski definition) is 2. The van der Waals surface area contributed by atoms with Crippen molar-refractivity contribution in [2.24, 2.45) is 5.73 Å². The van der Waals surface area contributed by atoms with Crippen LogP contribution in [-0.2, 0) is 4.79 Å². The summed E-state index contributed by atoms with van der Waals surface area (Å²) in [5.41, 5.74) is 12.2. The predicted molar refractivity (Wildman–Crippen MR) is 55.9 cm³/mol. The first kappa shape index (κ1) is 10.3. The number of aryl methyl sites for hydroxylation is 1. The van der Waals surface area contributed by atoms with Crippen LogP contribution in [0, 0.1) is 6.92 Å². The second-order valence-corrected chi connectivity index (χ2v) is 3.23. The fourth-order valence-electron chi connectivity index (χ4n) is 1.30. The molecular formula is C9H14N4O. The van der Waals surface area contributed by atoms with Gasteiger partial charge >= 0.3 is 0 Å². The Kier molecular flexibility index (Phi) is 2.91. The van der Waals surface area contributed by atoms with Crippen molar-refractivity contribution in [3.05, 3.63) is 17.8 Å². The highest BCUT2D eigenvalue weighted by Crippen LogP contribution is 2.16. The van der Waals surface area contributed by atoms with Crippen molar-refractivity contribution >= 4 is 17.4 Å². The Morgan fingerprint density at radius 1 is 1.64 bits per heavy atom. The first-order valence-electron chi connectivity index (χ1n) is 4.22. The van der Waals surface area contributed by atoms with Gasteiger partial charge in [0.2, 0.25) is 5.91 Å². The smallest absolute Gasteiger partial charge is 0.236 e. The lowest BCUT2D eigenvalue weighted by Gasteiger charge is -2.18. The SMILES string of the molecule is Cc1cc(N)cnc1N(C)CC(N)=O. The highest BCUT2D eigenvalue weighted by Gasteiger charge is 2.08.